The van der Waals surface area contributed by atoms with Gasteiger partial charge in [-0.1, -0.05) is 36.4 Å². The van der Waals surface area contributed by atoms with Gasteiger partial charge in [-0.2, -0.15) is 0 Å². The van der Waals surface area contributed by atoms with Gasteiger partial charge in [-0.25, -0.2) is 0 Å². The van der Waals surface area contributed by atoms with E-state index >= 15 is 0 Å². The number of alkyl halides is 3. The van der Waals surface area contributed by atoms with Gasteiger partial charge in [-0.15, -0.1) is 25.5 Å². The summed E-state index contributed by atoms with van der Waals surface area (Å²) >= 11 is 0. The molecule has 2 heterocycles. The standard InChI is InChI=1S/C28H28F3N3O3/c1-2-3-8-26(35)34-17-15-20(16-18-34)23-13-14-25(32-23)27(36)33-24-7-5-4-6-22(24)19-9-11-21(12-10-19)37-28(29,30)31/h1,4-7,9-12,14,20,22,24H,3,8,13,15-18H2,(H,33,36). The fourth-order valence-corrected chi connectivity index (χ4v) is 4.83. The van der Waals surface area contributed by atoms with Crippen molar-refractivity contribution in [3.63, 3.8) is 0 Å². The third-order valence-corrected chi connectivity index (χ3v) is 6.73. The van der Waals surface area contributed by atoms with Crippen LogP contribution in [-0.2, 0) is 9.59 Å². The molecular weight excluding hydrogens is 483 g/mol. The van der Waals surface area contributed by atoms with Crippen LogP contribution in [-0.4, -0.2) is 47.9 Å². The molecular formula is C28H28F3N3O3. The SMILES string of the molecule is C#CCCC(=O)N1CCC(C2=NC(C(=O)NC3C=CC=CC3c3ccc(OC(F)(F)F)cc3)=CC2)CC1. The highest BCUT2D eigenvalue weighted by Gasteiger charge is 2.32. The molecule has 3 aliphatic rings. The van der Waals surface area contributed by atoms with Gasteiger partial charge in [0, 0.05) is 49.9 Å². The van der Waals surface area contributed by atoms with Gasteiger partial charge in [0.15, 0.2) is 0 Å². The maximum absolute atomic E-state index is 13.0. The van der Waals surface area contributed by atoms with Gasteiger partial charge in [0.25, 0.3) is 5.91 Å². The number of terminal acetylenes is 1. The first-order chi connectivity index (χ1) is 17.7. The van der Waals surface area contributed by atoms with Crippen molar-refractivity contribution >= 4 is 17.5 Å². The molecule has 1 fully saturated rings. The van der Waals surface area contributed by atoms with Crippen LogP contribution in [0.4, 0.5) is 13.2 Å². The maximum atomic E-state index is 13.0. The largest absolute Gasteiger partial charge is 0.573 e. The number of hydrogen-bond acceptors (Lipinski definition) is 4. The van der Waals surface area contributed by atoms with Crippen LogP contribution in [0, 0.1) is 18.3 Å². The summed E-state index contributed by atoms with van der Waals surface area (Å²) in [7, 11) is 0. The summed E-state index contributed by atoms with van der Waals surface area (Å²) in [5, 5.41) is 2.99. The number of nitrogens with one attached hydrogen (secondary N) is 1. The molecule has 9 heteroatoms. The van der Waals surface area contributed by atoms with Crippen LogP contribution in [0.2, 0.25) is 0 Å². The Balaban J connectivity index is 1.33. The van der Waals surface area contributed by atoms with Crippen LogP contribution in [0.5, 0.6) is 5.75 Å². The second kappa shape index (κ2) is 11.5. The number of amides is 2. The molecule has 0 bridgehead atoms. The minimum absolute atomic E-state index is 0.0783. The molecule has 1 saturated heterocycles. The van der Waals surface area contributed by atoms with Gasteiger partial charge in [0.05, 0.1) is 6.04 Å². The lowest BCUT2D eigenvalue weighted by atomic mass is 9.88. The van der Waals surface area contributed by atoms with Crippen molar-refractivity contribution in [2.45, 2.75) is 50.4 Å². The van der Waals surface area contributed by atoms with Crippen molar-refractivity contribution in [2.75, 3.05) is 13.1 Å². The van der Waals surface area contributed by atoms with Crippen molar-refractivity contribution in [2.24, 2.45) is 10.9 Å². The third-order valence-electron chi connectivity index (χ3n) is 6.73. The average molecular weight is 512 g/mol. The fourth-order valence-electron chi connectivity index (χ4n) is 4.83. The Labute approximate surface area is 214 Å². The predicted molar refractivity (Wildman–Crippen MR) is 134 cm³/mol. The molecule has 2 aliphatic heterocycles. The van der Waals surface area contributed by atoms with Crippen molar-refractivity contribution < 1.29 is 27.5 Å². The smallest absolute Gasteiger partial charge is 0.406 e. The number of benzene rings is 1. The van der Waals surface area contributed by atoms with Crippen molar-refractivity contribution in [3.05, 3.63) is 65.9 Å². The van der Waals surface area contributed by atoms with Crippen LogP contribution < -0.4 is 10.1 Å². The molecule has 2 amide bonds. The van der Waals surface area contributed by atoms with Crippen molar-refractivity contribution in [3.8, 4) is 18.1 Å². The van der Waals surface area contributed by atoms with E-state index in [1.807, 2.05) is 35.3 Å². The molecule has 2 unspecified atom stereocenters. The number of allylic oxidation sites excluding steroid dienone is 3. The van der Waals surface area contributed by atoms with Crippen molar-refractivity contribution in [1.29, 1.82) is 0 Å². The number of carbonyl (C=O) groups is 2. The van der Waals surface area contributed by atoms with Crippen LogP contribution in [0.15, 0.2) is 65.3 Å². The van der Waals surface area contributed by atoms with E-state index in [1.165, 1.54) is 12.1 Å². The van der Waals surface area contributed by atoms with Gasteiger partial charge in [0.1, 0.15) is 11.4 Å². The van der Waals surface area contributed by atoms with E-state index in [0.29, 0.717) is 38.0 Å². The number of halogens is 3. The molecule has 0 spiro atoms. The number of ether oxygens (including phenoxy) is 1. The van der Waals surface area contributed by atoms with Crippen LogP contribution in [0.1, 0.15) is 43.6 Å². The topological polar surface area (TPSA) is 71.0 Å². The molecule has 0 aromatic heterocycles. The van der Waals surface area contributed by atoms with E-state index in [0.717, 1.165) is 24.1 Å². The number of rotatable bonds is 7. The number of nitrogens with zero attached hydrogens (tertiary/aromatic N) is 2. The highest BCUT2D eigenvalue weighted by Crippen LogP contribution is 2.30. The molecule has 1 aromatic carbocycles. The van der Waals surface area contributed by atoms with Gasteiger partial charge in [-0.3, -0.25) is 14.6 Å². The molecule has 0 radical (unpaired) electrons. The second-order valence-electron chi connectivity index (χ2n) is 9.17. The second-order valence-corrected chi connectivity index (χ2v) is 9.17. The minimum Gasteiger partial charge on any atom is -0.406 e. The summed E-state index contributed by atoms with van der Waals surface area (Å²) in [5.74, 6) is 1.94. The zero-order chi connectivity index (χ0) is 26.4. The van der Waals surface area contributed by atoms with Crippen LogP contribution >= 0.6 is 0 Å². The molecule has 1 aromatic rings. The Hall–Kier alpha value is -3.80. The first kappa shape index (κ1) is 26.3. The van der Waals surface area contributed by atoms with Gasteiger partial charge >= 0.3 is 6.36 Å². The van der Waals surface area contributed by atoms with E-state index in [9.17, 15) is 22.8 Å². The highest BCUT2D eigenvalue weighted by atomic mass is 19.4. The minimum atomic E-state index is -4.75. The van der Waals surface area contributed by atoms with E-state index in [4.69, 9.17) is 6.42 Å². The molecule has 194 valence electrons. The maximum Gasteiger partial charge on any atom is 0.573 e. The lowest BCUT2D eigenvalue weighted by molar-refractivity contribution is -0.274. The number of carbonyl (C=O) groups excluding carboxylic acids is 2. The van der Waals surface area contributed by atoms with Gasteiger partial charge in [-0.05, 0) is 36.6 Å². The molecule has 4 rings (SSSR count). The summed E-state index contributed by atoms with van der Waals surface area (Å²) < 4.78 is 41.3. The molecule has 0 saturated carbocycles. The molecule has 6 nitrogen and oxygen atoms in total. The van der Waals surface area contributed by atoms with E-state index < -0.39 is 6.36 Å². The Morgan fingerprint density at radius 1 is 1.14 bits per heavy atom. The molecule has 1 N–H and O–H groups in total. The lowest BCUT2D eigenvalue weighted by Crippen LogP contribution is -2.40. The summed E-state index contributed by atoms with van der Waals surface area (Å²) in [6.45, 7) is 1.31. The normalized spacial score (nSPS) is 21.7. The monoisotopic (exact) mass is 511 g/mol. The fraction of sp³-hybridized carbons (Fsp3) is 0.393. The molecule has 37 heavy (non-hydrogen) atoms. The third kappa shape index (κ3) is 6.91. The lowest BCUT2D eigenvalue weighted by Gasteiger charge is -2.32. The number of aliphatic imine (C=N–C) groups is 1. The highest BCUT2D eigenvalue weighted by molar-refractivity contribution is 6.02. The summed E-state index contributed by atoms with van der Waals surface area (Å²) in [4.78, 5) is 31.7. The Kier molecular flexibility index (Phi) is 8.17. The van der Waals surface area contributed by atoms with Gasteiger partial charge < -0.3 is 15.0 Å². The van der Waals surface area contributed by atoms with E-state index in [2.05, 4.69) is 21.0 Å². The average Bonchev–Trinajstić information content (AvgIpc) is 3.38. The Bertz CT molecular complexity index is 1170. The zero-order valence-electron chi connectivity index (χ0n) is 20.2. The van der Waals surface area contributed by atoms with Gasteiger partial charge in [0.2, 0.25) is 5.91 Å². The first-order valence-corrected chi connectivity index (χ1v) is 12.2. The Morgan fingerprint density at radius 3 is 2.51 bits per heavy atom. The number of hydrogen-bond donors (Lipinski definition) is 1. The predicted octanol–water partition coefficient (Wildman–Crippen LogP) is 4.66. The first-order valence-electron chi connectivity index (χ1n) is 12.2. The number of likely N-dealkylation sites (tertiary alicyclic amines) is 1. The van der Waals surface area contributed by atoms with Crippen molar-refractivity contribution in [1.82, 2.24) is 10.2 Å². The van der Waals surface area contributed by atoms with Crippen LogP contribution in [0.3, 0.4) is 0 Å². The summed E-state index contributed by atoms with van der Waals surface area (Å²) in [6, 6.07) is 5.26. The van der Waals surface area contributed by atoms with E-state index in [1.54, 1.807) is 12.1 Å². The Morgan fingerprint density at radius 2 is 1.84 bits per heavy atom. The number of piperidine rings is 1. The summed E-state index contributed by atoms with van der Waals surface area (Å²) in [5.41, 5.74) is 2.06. The van der Waals surface area contributed by atoms with E-state index in [-0.39, 0.29) is 35.4 Å². The molecule has 2 atom stereocenters. The summed E-state index contributed by atoms with van der Waals surface area (Å²) in [6.07, 6.45) is 12.7. The quantitative estimate of drug-likeness (QED) is 0.542. The molecule has 1 aliphatic carbocycles. The van der Waals surface area contributed by atoms with Crippen LogP contribution in [0.25, 0.3) is 0 Å². The zero-order valence-corrected chi connectivity index (χ0v) is 20.2.